The van der Waals surface area contributed by atoms with Crippen LogP contribution in [0.2, 0.25) is 0 Å². The van der Waals surface area contributed by atoms with Crippen LogP contribution in [0.1, 0.15) is 0 Å². The first-order chi connectivity index (χ1) is 6.18. The highest BCUT2D eigenvalue weighted by Gasteiger charge is 2.01. The molecule has 0 atom stereocenters. The van der Waals surface area contributed by atoms with Crippen molar-refractivity contribution in [1.29, 1.82) is 0 Å². The largest absolute Gasteiger partial charge is 0.271 e. The zero-order chi connectivity index (χ0) is 9.42. The number of hydrogen-bond acceptors (Lipinski definition) is 2. The molecule has 2 aromatic rings. The standard InChI is InChI=1S/C8H4FIN2O/c9-5-1-2-12-7(3-5)11-4-6(10)8(12)13/h1-4H. The van der Waals surface area contributed by atoms with Crippen LogP contribution in [0.3, 0.4) is 0 Å². The maximum Gasteiger partial charge on any atom is 0.271 e. The van der Waals surface area contributed by atoms with Crippen LogP contribution in [0.25, 0.3) is 5.65 Å². The second kappa shape index (κ2) is 3.06. The highest BCUT2D eigenvalue weighted by atomic mass is 127. The summed E-state index contributed by atoms with van der Waals surface area (Å²) in [4.78, 5) is 15.4. The van der Waals surface area contributed by atoms with Gasteiger partial charge in [-0.3, -0.25) is 9.20 Å². The number of nitrogens with zero attached hydrogens (tertiary/aromatic N) is 2. The van der Waals surface area contributed by atoms with Crippen LogP contribution < -0.4 is 5.56 Å². The van der Waals surface area contributed by atoms with Crippen molar-refractivity contribution < 1.29 is 4.39 Å². The van der Waals surface area contributed by atoms with Crippen molar-refractivity contribution >= 4 is 28.2 Å². The molecule has 2 heterocycles. The molecule has 0 spiro atoms. The van der Waals surface area contributed by atoms with E-state index in [0.29, 0.717) is 9.22 Å². The quantitative estimate of drug-likeness (QED) is 0.688. The second-order valence-corrected chi connectivity index (χ2v) is 3.65. The third kappa shape index (κ3) is 1.43. The van der Waals surface area contributed by atoms with Crippen molar-refractivity contribution in [2.75, 3.05) is 0 Å². The predicted octanol–water partition coefficient (Wildman–Crippen LogP) is 1.44. The van der Waals surface area contributed by atoms with Gasteiger partial charge in [-0.25, -0.2) is 9.37 Å². The third-order valence-corrected chi connectivity index (χ3v) is 2.37. The van der Waals surface area contributed by atoms with Gasteiger partial charge < -0.3 is 0 Å². The molecule has 0 saturated heterocycles. The number of rotatable bonds is 0. The molecule has 0 saturated carbocycles. The van der Waals surface area contributed by atoms with Crippen molar-refractivity contribution in [3.8, 4) is 0 Å². The normalized spacial score (nSPS) is 10.6. The van der Waals surface area contributed by atoms with E-state index in [1.807, 2.05) is 22.6 Å². The average Bonchev–Trinajstić information content (AvgIpc) is 2.12. The van der Waals surface area contributed by atoms with Crippen molar-refractivity contribution in [1.82, 2.24) is 9.38 Å². The summed E-state index contributed by atoms with van der Waals surface area (Å²) in [5, 5.41) is 0. The predicted molar refractivity (Wildman–Crippen MR) is 54.1 cm³/mol. The lowest BCUT2D eigenvalue weighted by atomic mass is 10.4. The first kappa shape index (κ1) is 8.61. The van der Waals surface area contributed by atoms with Crippen molar-refractivity contribution in [2.24, 2.45) is 0 Å². The van der Waals surface area contributed by atoms with Crippen molar-refractivity contribution in [3.63, 3.8) is 0 Å². The molecule has 0 amide bonds. The fourth-order valence-electron chi connectivity index (χ4n) is 1.03. The Labute approximate surface area is 86.4 Å². The Kier molecular flexibility index (Phi) is 2.03. The minimum Gasteiger partial charge on any atom is -0.268 e. The number of halogens is 2. The highest BCUT2D eigenvalue weighted by molar-refractivity contribution is 14.1. The Morgan fingerprint density at radius 2 is 2.31 bits per heavy atom. The van der Waals surface area contributed by atoms with E-state index in [4.69, 9.17) is 0 Å². The van der Waals surface area contributed by atoms with E-state index in [0.717, 1.165) is 0 Å². The summed E-state index contributed by atoms with van der Waals surface area (Å²) in [6.07, 6.45) is 2.81. The SMILES string of the molecule is O=c1c(I)cnc2cc(F)ccn12. The second-order valence-electron chi connectivity index (χ2n) is 2.48. The summed E-state index contributed by atoms with van der Waals surface area (Å²) < 4.78 is 14.5. The maximum atomic E-state index is 12.7. The first-order valence-electron chi connectivity index (χ1n) is 3.51. The van der Waals surface area contributed by atoms with E-state index in [-0.39, 0.29) is 5.56 Å². The van der Waals surface area contributed by atoms with Crippen LogP contribution in [0, 0.1) is 9.39 Å². The number of hydrogen-bond donors (Lipinski definition) is 0. The topological polar surface area (TPSA) is 34.4 Å². The molecule has 0 N–H and O–H groups in total. The Morgan fingerprint density at radius 1 is 1.54 bits per heavy atom. The summed E-state index contributed by atoms with van der Waals surface area (Å²) >= 11 is 1.89. The smallest absolute Gasteiger partial charge is 0.268 e. The van der Waals surface area contributed by atoms with E-state index >= 15 is 0 Å². The summed E-state index contributed by atoms with van der Waals surface area (Å²) in [5.74, 6) is -0.395. The Hall–Kier alpha value is -0.980. The molecule has 0 fully saturated rings. The average molecular weight is 290 g/mol. The molecule has 0 aliphatic heterocycles. The van der Waals surface area contributed by atoms with Gasteiger partial charge in [0.25, 0.3) is 5.56 Å². The summed E-state index contributed by atoms with van der Waals surface area (Å²) in [5.41, 5.74) is 0.149. The zero-order valence-electron chi connectivity index (χ0n) is 6.37. The van der Waals surface area contributed by atoms with Gasteiger partial charge >= 0.3 is 0 Å². The summed E-state index contributed by atoms with van der Waals surface area (Å²) in [6.45, 7) is 0. The Morgan fingerprint density at radius 3 is 3.08 bits per heavy atom. The highest BCUT2D eigenvalue weighted by Crippen LogP contribution is 2.02. The van der Waals surface area contributed by atoms with Crippen LogP contribution in [-0.4, -0.2) is 9.38 Å². The van der Waals surface area contributed by atoms with E-state index in [1.165, 1.54) is 28.9 Å². The van der Waals surface area contributed by atoms with Crippen LogP contribution in [0.5, 0.6) is 0 Å². The third-order valence-electron chi connectivity index (χ3n) is 1.63. The molecule has 13 heavy (non-hydrogen) atoms. The summed E-state index contributed by atoms with van der Waals surface area (Å²) in [7, 11) is 0. The van der Waals surface area contributed by atoms with Gasteiger partial charge in [0.1, 0.15) is 11.5 Å². The van der Waals surface area contributed by atoms with E-state index in [1.54, 1.807) is 0 Å². The Bertz CT molecular complexity index is 523. The van der Waals surface area contributed by atoms with Crippen LogP contribution in [-0.2, 0) is 0 Å². The molecule has 2 aromatic heterocycles. The minimum absolute atomic E-state index is 0.175. The minimum atomic E-state index is -0.395. The first-order valence-corrected chi connectivity index (χ1v) is 4.59. The summed E-state index contributed by atoms with van der Waals surface area (Å²) in [6, 6.07) is 2.45. The number of fused-ring (bicyclic) bond motifs is 1. The fraction of sp³-hybridized carbons (Fsp3) is 0. The van der Waals surface area contributed by atoms with E-state index in [2.05, 4.69) is 4.98 Å². The van der Waals surface area contributed by atoms with Gasteiger partial charge in [-0.2, -0.15) is 0 Å². The van der Waals surface area contributed by atoms with Crippen molar-refractivity contribution in [2.45, 2.75) is 0 Å². The lowest BCUT2D eigenvalue weighted by Crippen LogP contribution is -2.17. The molecule has 5 heteroatoms. The molecular weight excluding hydrogens is 286 g/mol. The van der Waals surface area contributed by atoms with Crippen molar-refractivity contribution in [3.05, 3.63) is 44.3 Å². The zero-order valence-corrected chi connectivity index (χ0v) is 8.53. The maximum absolute atomic E-state index is 12.7. The molecule has 0 radical (unpaired) electrons. The molecule has 66 valence electrons. The molecule has 2 rings (SSSR count). The molecule has 3 nitrogen and oxygen atoms in total. The van der Waals surface area contributed by atoms with Gasteiger partial charge in [0.2, 0.25) is 0 Å². The molecule has 0 aliphatic rings. The molecule has 0 unspecified atom stereocenters. The van der Waals surface area contributed by atoms with E-state index < -0.39 is 5.82 Å². The van der Waals surface area contributed by atoms with Gasteiger partial charge in [-0.05, 0) is 28.7 Å². The van der Waals surface area contributed by atoms with Gasteiger partial charge in [-0.15, -0.1) is 0 Å². The van der Waals surface area contributed by atoms with E-state index in [9.17, 15) is 9.18 Å². The molecule has 0 bridgehead atoms. The van der Waals surface area contributed by atoms with Gasteiger partial charge in [0, 0.05) is 18.5 Å². The van der Waals surface area contributed by atoms with Crippen LogP contribution in [0.4, 0.5) is 4.39 Å². The molecule has 0 aromatic carbocycles. The van der Waals surface area contributed by atoms with Crippen LogP contribution >= 0.6 is 22.6 Å². The lowest BCUT2D eigenvalue weighted by Gasteiger charge is -1.98. The van der Waals surface area contributed by atoms with Gasteiger partial charge in [0.15, 0.2) is 0 Å². The monoisotopic (exact) mass is 290 g/mol. The fourth-order valence-corrected chi connectivity index (χ4v) is 1.43. The number of pyridine rings is 1. The Balaban J connectivity index is 2.95. The van der Waals surface area contributed by atoms with Gasteiger partial charge in [0.05, 0.1) is 3.57 Å². The number of aromatic nitrogens is 2. The molecule has 0 aliphatic carbocycles. The van der Waals surface area contributed by atoms with Crippen LogP contribution in [0.15, 0.2) is 29.3 Å². The van der Waals surface area contributed by atoms with Gasteiger partial charge in [-0.1, -0.05) is 0 Å². The molecular formula is C8H4FIN2O. The lowest BCUT2D eigenvalue weighted by molar-refractivity contribution is 0.625.